The Morgan fingerprint density at radius 1 is 1.03 bits per heavy atom. The summed E-state index contributed by atoms with van der Waals surface area (Å²) in [5, 5.41) is 14.9. The van der Waals surface area contributed by atoms with Gasteiger partial charge in [-0.1, -0.05) is 62.4 Å². The number of benzene rings is 2. The number of hydrogen-bond acceptors (Lipinski definition) is 5. The second kappa shape index (κ2) is 10.5. The third-order valence-corrected chi connectivity index (χ3v) is 6.98. The van der Waals surface area contributed by atoms with Crippen LogP contribution in [-0.4, -0.2) is 54.5 Å². The molecule has 8 nitrogen and oxygen atoms in total. The van der Waals surface area contributed by atoms with Crippen LogP contribution in [0, 0.1) is 5.92 Å². The Morgan fingerprint density at radius 2 is 1.60 bits per heavy atom. The fourth-order valence-corrected chi connectivity index (χ4v) is 4.91. The largest absolute Gasteiger partial charge is 0.481 e. The summed E-state index contributed by atoms with van der Waals surface area (Å²) >= 11 is 0. The minimum Gasteiger partial charge on any atom is -0.481 e. The SMILES string of the molecule is CC(C)[C@@H](CC(=O)O)NC(=O)C1(NC(=O)OCC2c3ccccc3-c3ccccc32)CCOCC1. The first-order valence-electron chi connectivity index (χ1n) is 12.0. The molecule has 1 saturated heterocycles. The lowest BCUT2D eigenvalue weighted by Crippen LogP contribution is -2.63. The Labute approximate surface area is 205 Å². The number of nitrogens with one attached hydrogen (secondary N) is 2. The Morgan fingerprint density at radius 3 is 2.14 bits per heavy atom. The average molecular weight is 481 g/mol. The van der Waals surface area contributed by atoms with E-state index in [1.165, 1.54) is 0 Å². The minimum atomic E-state index is -1.22. The highest BCUT2D eigenvalue weighted by Gasteiger charge is 2.43. The lowest BCUT2D eigenvalue weighted by atomic mass is 9.88. The molecule has 35 heavy (non-hydrogen) atoms. The molecule has 0 bridgehead atoms. The van der Waals surface area contributed by atoms with E-state index >= 15 is 0 Å². The standard InChI is InChI=1S/C27H32N2O6/c1-17(2)23(15-24(30)31)28-25(32)27(11-13-34-14-12-27)29-26(33)35-16-22-20-9-5-3-7-18(20)19-8-4-6-10-21(19)22/h3-10,17,22-23H,11-16H2,1-2H3,(H,28,32)(H,29,33)(H,30,31)/t23-/m1/s1. The van der Waals surface area contributed by atoms with E-state index in [0.29, 0.717) is 13.2 Å². The number of alkyl carbamates (subject to hydrolysis) is 1. The van der Waals surface area contributed by atoms with Crippen molar-refractivity contribution in [3.63, 3.8) is 0 Å². The topological polar surface area (TPSA) is 114 Å². The average Bonchev–Trinajstić information content (AvgIpc) is 3.16. The number of carboxylic acids is 1. The van der Waals surface area contributed by atoms with Gasteiger partial charge in [-0.2, -0.15) is 0 Å². The zero-order valence-corrected chi connectivity index (χ0v) is 20.1. The molecule has 1 fully saturated rings. The van der Waals surface area contributed by atoms with E-state index in [4.69, 9.17) is 9.47 Å². The molecule has 0 saturated carbocycles. The van der Waals surface area contributed by atoms with Crippen LogP contribution in [0.1, 0.15) is 50.2 Å². The van der Waals surface area contributed by atoms with Crippen LogP contribution in [0.5, 0.6) is 0 Å². The van der Waals surface area contributed by atoms with E-state index in [0.717, 1.165) is 22.3 Å². The van der Waals surface area contributed by atoms with Crippen LogP contribution in [0.3, 0.4) is 0 Å². The number of carbonyl (C=O) groups is 3. The van der Waals surface area contributed by atoms with Crippen LogP contribution in [0.25, 0.3) is 11.1 Å². The van der Waals surface area contributed by atoms with Gasteiger partial charge in [0.2, 0.25) is 5.91 Å². The van der Waals surface area contributed by atoms with E-state index in [1.54, 1.807) is 0 Å². The van der Waals surface area contributed by atoms with Crippen LogP contribution in [0.4, 0.5) is 4.79 Å². The summed E-state index contributed by atoms with van der Waals surface area (Å²) in [6.07, 6.45) is -0.314. The minimum absolute atomic E-state index is 0.0820. The van der Waals surface area contributed by atoms with Gasteiger partial charge in [0.25, 0.3) is 0 Å². The van der Waals surface area contributed by atoms with Gasteiger partial charge in [0, 0.05) is 38.0 Å². The van der Waals surface area contributed by atoms with E-state index in [1.807, 2.05) is 50.2 Å². The predicted molar refractivity (Wildman–Crippen MR) is 130 cm³/mol. The van der Waals surface area contributed by atoms with Crippen molar-refractivity contribution in [2.24, 2.45) is 5.92 Å². The summed E-state index contributed by atoms with van der Waals surface area (Å²) in [6, 6.07) is 15.6. The van der Waals surface area contributed by atoms with Crippen molar-refractivity contribution in [2.45, 2.75) is 50.6 Å². The van der Waals surface area contributed by atoms with Crippen LogP contribution in [0.2, 0.25) is 0 Å². The third kappa shape index (κ3) is 5.32. The number of carbonyl (C=O) groups excluding carboxylic acids is 2. The molecule has 8 heteroatoms. The second-order valence-corrected chi connectivity index (χ2v) is 9.57. The summed E-state index contributed by atoms with van der Waals surface area (Å²) < 4.78 is 11.1. The van der Waals surface area contributed by atoms with Crippen LogP contribution in [-0.2, 0) is 19.1 Å². The smallest absolute Gasteiger partial charge is 0.408 e. The molecular weight excluding hydrogens is 448 g/mol. The maximum Gasteiger partial charge on any atom is 0.408 e. The summed E-state index contributed by atoms with van der Waals surface area (Å²) in [5.74, 6) is -1.57. The molecule has 3 N–H and O–H groups in total. The van der Waals surface area contributed by atoms with Gasteiger partial charge < -0.3 is 25.2 Å². The maximum atomic E-state index is 13.3. The molecule has 0 spiro atoms. The molecule has 0 aromatic heterocycles. The van der Waals surface area contributed by atoms with Crippen molar-refractivity contribution in [2.75, 3.05) is 19.8 Å². The highest BCUT2D eigenvalue weighted by Crippen LogP contribution is 2.44. The van der Waals surface area contributed by atoms with Crippen molar-refractivity contribution >= 4 is 18.0 Å². The summed E-state index contributed by atoms with van der Waals surface area (Å²) in [5.41, 5.74) is 3.26. The van der Waals surface area contributed by atoms with Gasteiger partial charge in [-0.25, -0.2) is 4.79 Å². The van der Waals surface area contributed by atoms with Gasteiger partial charge >= 0.3 is 12.1 Å². The van der Waals surface area contributed by atoms with Crippen molar-refractivity contribution in [3.05, 3.63) is 59.7 Å². The summed E-state index contributed by atoms with van der Waals surface area (Å²) in [7, 11) is 0. The molecule has 4 rings (SSSR count). The highest BCUT2D eigenvalue weighted by atomic mass is 16.5. The lowest BCUT2D eigenvalue weighted by Gasteiger charge is -2.37. The predicted octanol–water partition coefficient (Wildman–Crippen LogP) is 3.69. The number of aliphatic carboxylic acids is 1. The molecule has 186 valence electrons. The molecule has 2 amide bonds. The zero-order valence-electron chi connectivity index (χ0n) is 20.1. The fourth-order valence-electron chi connectivity index (χ4n) is 4.91. The first kappa shape index (κ1) is 24.7. The summed E-state index contributed by atoms with van der Waals surface area (Å²) in [4.78, 5) is 37.5. The Kier molecular flexibility index (Phi) is 7.40. The summed E-state index contributed by atoms with van der Waals surface area (Å²) in [6.45, 7) is 4.46. The van der Waals surface area contributed by atoms with E-state index < -0.39 is 29.6 Å². The van der Waals surface area contributed by atoms with Gasteiger partial charge in [-0.3, -0.25) is 9.59 Å². The monoisotopic (exact) mass is 480 g/mol. The van der Waals surface area contributed by atoms with Crippen LogP contribution < -0.4 is 10.6 Å². The van der Waals surface area contributed by atoms with Crippen LogP contribution in [0.15, 0.2) is 48.5 Å². The second-order valence-electron chi connectivity index (χ2n) is 9.57. The first-order valence-corrected chi connectivity index (χ1v) is 12.0. The van der Waals surface area contributed by atoms with Crippen molar-refractivity contribution in [3.8, 4) is 11.1 Å². The number of fused-ring (bicyclic) bond motifs is 3. The molecule has 0 radical (unpaired) electrons. The molecule has 2 aromatic rings. The molecule has 2 aromatic carbocycles. The molecule has 1 atom stereocenters. The highest BCUT2D eigenvalue weighted by molar-refractivity contribution is 5.90. The zero-order chi connectivity index (χ0) is 25.0. The maximum absolute atomic E-state index is 13.3. The molecule has 2 aliphatic rings. The van der Waals surface area contributed by atoms with Gasteiger partial charge in [-0.05, 0) is 28.2 Å². The third-order valence-electron chi connectivity index (χ3n) is 6.98. The van der Waals surface area contributed by atoms with Gasteiger partial charge in [0.05, 0.1) is 6.42 Å². The quantitative estimate of drug-likeness (QED) is 0.531. The molecular formula is C27H32N2O6. The van der Waals surface area contributed by atoms with Crippen LogP contribution >= 0.6 is 0 Å². The number of rotatable bonds is 8. The number of ether oxygens (including phenoxy) is 2. The lowest BCUT2D eigenvalue weighted by molar-refractivity contribution is -0.138. The van der Waals surface area contributed by atoms with Crippen molar-refractivity contribution in [1.82, 2.24) is 10.6 Å². The fraction of sp³-hybridized carbons (Fsp3) is 0.444. The normalized spacial score (nSPS) is 17.2. The van der Waals surface area contributed by atoms with Crippen molar-refractivity contribution in [1.29, 1.82) is 0 Å². The van der Waals surface area contributed by atoms with Gasteiger partial charge in [-0.15, -0.1) is 0 Å². The number of hydrogen-bond donors (Lipinski definition) is 3. The van der Waals surface area contributed by atoms with Gasteiger partial charge in [0.15, 0.2) is 0 Å². The Bertz CT molecular complexity index is 1050. The Balaban J connectivity index is 1.46. The van der Waals surface area contributed by atoms with E-state index in [9.17, 15) is 19.5 Å². The number of carboxylic acid groups (broad SMARTS) is 1. The molecule has 1 aliphatic carbocycles. The van der Waals surface area contributed by atoms with E-state index in [-0.39, 0.29) is 37.7 Å². The molecule has 1 heterocycles. The van der Waals surface area contributed by atoms with Gasteiger partial charge in [0.1, 0.15) is 12.1 Å². The first-order chi connectivity index (χ1) is 16.8. The molecule has 0 unspecified atom stereocenters. The Hall–Kier alpha value is -3.39. The van der Waals surface area contributed by atoms with Crippen molar-refractivity contribution < 1.29 is 29.0 Å². The number of amides is 2. The van der Waals surface area contributed by atoms with E-state index in [2.05, 4.69) is 22.8 Å². The molecule has 1 aliphatic heterocycles.